The van der Waals surface area contributed by atoms with Crippen LogP contribution < -0.4 is 5.32 Å². The summed E-state index contributed by atoms with van der Waals surface area (Å²) in [6.45, 7) is 0.570. The number of amides is 2. The first kappa shape index (κ1) is 22.3. The van der Waals surface area contributed by atoms with Crippen molar-refractivity contribution in [2.24, 2.45) is 0 Å². The molecule has 2 heterocycles. The van der Waals surface area contributed by atoms with Crippen LogP contribution in [0.2, 0.25) is 10.0 Å². The number of rotatable bonds is 8. The molecule has 0 bridgehead atoms. The third kappa shape index (κ3) is 6.30. The third-order valence-corrected chi connectivity index (χ3v) is 7.12. The van der Waals surface area contributed by atoms with Crippen molar-refractivity contribution in [2.45, 2.75) is 25.7 Å². The second-order valence-electron chi connectivity index (χ2n) is 6.34. The van der Waals surface area contributed by atoms with E-state index in [1.807, 2.05) is 23.6 Å². The second-order valence-corrected chi connectivity index (χ2v) is 9.81. The van der Waals surface area contributed by atoms with Crippen LogP contribution in [-0.4, -0.2) is 27.6 Å². The Morgan fingerprint density at radius 1 is 1.17 bits per heavy atom. The van der Waals surface area contributed by atoms with E-state index in [1.165, 1.54) is 11.8 Å². The fraction of sp³-hybridized carbons (Fsp3) is 0.250. The maximum absolute atomic E-state index is 12.5. The van der Waals surface area contributed by atoms with Gasteiger partial charge in [-0.3, -0.25) is 14.5 Å². The minimum atomic E-state index is -0.0760. The minimum absolute atomic E-state index is 0.0363. The van der Waals surface area contributed by atoms with E-state index in [1.54, 1.807) is 34.4 Å². The van der Waals surface area contributed by atoms with Crippen LogP contribution in [0.4, 0.5) is 5.69 Å². The van der Waals surface area contributed by atoms with Gasteiger partial charge in [0.25, 0.3) is 5.91 Å². The monoisotopic (exact) mass is 484 g/mol. The van der Waals surface area contributed by atoms with Crippen molar-refractivity contribution >= 4 is 86.4 Å². The molecule has 1 aliphatic rings. The lowest BCUT2D eigenvalue weighted by Gasteiger charge is -2.14. The molecular weight excluding hydrogens is 467 g/mol. The molecule has 1 saturated heterocycles. The average molecular weight is 485 g/mol. The smallest absolute Gasteiger partial charge is 0.266 e. The molecule has 0 atom stereocenters. The van der Waals surface area contributed by atoms with E-state index < -0.39 is 0 Å². The Morgan fingerprint density at radius 3 is 2.72 bits per heavy atom. The number of thiophene rings is 1. The first-order valence-corrected chi connectivity index (χ1v) is 11.8. The van der Waals surface area contributed by atoms with Crippen LogP contribution in [0.5, 0.6) is 0 Å². The lowest BCUT2D eigenvalue weighted by molar-refractivity contribution is -0.122. The summed E-state index contributed by atoms with van der Waals surface area (Å²) in [6.07, 6.45) is 4.63. The van der Waals surface area contributed by atoms with E-state index in [-0.39, 0.29) is 11.8 Å². The van der Waals surface area contributed by atoms with Crippen molar-refractivity contribution in [3.63, 3.8) is 0 Å². The highest BCUT2D eigenvalue weighted by Crippen LogP contribution is 2.33. The van der Waals surface area contributed by atoms with Gasteiger partial charge in [0.1, 0.15) is 4.32 Å². The molecule has 1 N–H and O–H groups in total. The van der Waals surface area contributed by atoms with Gasteiger partial charge in [-0.2, -0.15) is 0 Å². The van der Waals surface area contributed by atoms with Crippen molar-refractivity contribution in [1.29, 1.82) is 0 Å². The number of anilines is 1. The first-order valence-electron chi connectivity index (χ1n) is 8.98. The molecule has 152 valence electrons. The lowest BCUT2D eigenvalue weighted by Crippen LogP contribution is -2.29. The zero-order valence-corrected chi connectivity index (χ0v) is 19.3. The molecule has 3 rings (SSSR count). The van der Waals surface area contributed by atoms with Gasteiger partial charge >= 0.3 is 0 Å². The first-order chi connectivity index (χ1) is 13.9. The van der Waals surface area contributed by atoms with Crippen LogP contribution in [0, 0.1) is 0 Å². The fourth-order valence-corrected chi connectivity index (χ4v) is 5.05. The number of halogens is 2. The number of carbonyl (C=O) groups is 2. The fourth-order valence-electron chi connectivity index (χ4n) is 2.72. The maximum atomic E-state index is 12.5. The van der Waals surface area contributed by atoms with E-state index in [9.17, 15) is 9.59 Å². The van der Waals surface area contributed by atoms with Crippen molar-refractivity contribution in [3.05, 3.63) is 55.5 Å². The molecule has 9 heteroatoms. The Hall–Kier alpha value is -1.38. The van der Waals surface area contributed by atoms with Gasteiger partial charge in [-0.25, -0.2) is 0 Å². The molecule has 29 heavy (non-hydrogen) atoms. The van der Waals surface area contributed by atoms with Crippen molar-refractivity contribution in [2.75, 3.05) is 11.9 Å². The number of unbranched alkanes of at least 4 members (excludes halogenated alkanes) is 2. The predicted molar refractivity (Wildman–Crippen MR) is 128 cm³/mol. The summed E-state index contributed by atoms with van der Waals surface area (Å²) in [6, 6.07) is 8.91. The lowest BCUT2D eigenvalue weighted by atomic mass is 10.1. The van der Waals surface area contributed by atoms with E-state index in [4.69, 9.17) is 35.4 Å². The summed E-state index contributed by atoms with van der Waals surface area (Å²) >= 11 is 20.1. The molecule has 0 unspecified atom stereocenters. The van der Waals surface area contributed by atoms with Crippen LogP contribution in [-0.2, 0) is 9.59 Å². The minimum Gasteiger partial charge on any atom is -0.326 e. The number of nitrogens with zero attached hydrogens (tertiary/aromatic N) is 1. The molecule has 2 aromatic rings. The average Bonchev–Trinajstić information content (AvgIpc) is 3.28. The number of carbonyl (C=O) groups excluding carboxylic acids is 2. The zero-order valence-electron chi connectivity index (χ0n) is 15.3. The van der Waals surface area contributed by atoms with Crippen LogP contribution in [0.25, 0.3) is 6.08 Å². The zero-order chi connectivity index (χ0) is 20.8. The Labute approximate surface area is 193 Å². The van der Waals surface area contributed by atoms with Crippen LogP contribution in [0.1, 0.15) is 30.6 Å². The standard InChI is InChI=1S/C20H18Cl2N2O2S3/c21-15-8-7-13(11-16(15)22)23-18(25)6-2-1-3-9-24-19(26)17(29-20(24)27)12-14-5-4-10-28-14/h4-5,7-8,10-12H,1-3,6,9H2,(H,23,25). The van der Waals surface area contributed by atoms with E-state index in [0.717, 1.165) is 24.1 Å². The van der Waals surface area contributed by atoms with Gasteiger partial charge < -0.3 is 5.32 Å². The molecular formula is C20H18Cl2N2O2S3. The highest BCUT2D eigenvalue weighted by molar-refractivity contribution is 8.26. The Balaban J connectivity index is 1.39. The van der Waals surface area contributed by atoms with E-state index >= 15 is 0 Å². The summed E-state index contributed by atoms with van der Waals surface area (Å²) in [5, 5.41) is 5.64. The molecule has 0 radical (unpaired) electrons. The van der Waals surface area contributed by atoms with E-state index in [2.05, 4.69) is 5.32 Å². The van der Waals surface area contributed by atoms with E-state index in [0.29, 0.717) is 37.9 Å². The van der Waals surface area contributed by atoms with Crippen molar-refractivity contribution in [3.8, 4) is 0 Å². The molecule has 1 aromatic heterocycles. The van der Waals surface area contributed by atoms with Gasteiger partial charge in [-0.1, -0.05) is 59.7 Å². The van der Waals surface area contributed by atoms with Gasteiger partial charge in [-0.15, -0.1) is 11.3 Å². The molecule has 1 aliphatic heterocycles. The third-order valence-electron chi connectivity index (χ3n) is 4.18. The molecule has 0 aliphatic carbocycles. The number of benzene rings is 1. The molecule has 1 fully saturated rings. The van der Waals surface area contributed by atoms with Crippen LogP contribution in [0.3, 0.4) is 0 Å². The molecule has 4 nitrogen and oxygen atoms in total. The Kier molecular flexibility index (Phi) is 8.15. The van der Waals surface area contributed by atoms with Gasteiger partial charge in [0, 0.05) is 23.5 Å². The molecule has 2 amide bonds. The van der Waals surface area contributed by atoms with Crippen LogP contribution in [0.15, 0.2) is 40.6 Å². The number of nitrogens with one attached hydrogen (secondary N) is 1. The Morgan fingerprint density at radius 2 is 2.00 bits per heavy atom. The summed E-state index contributed by atoms with van der Waals surface area (Å²) < 4.78 is 0.593. The number of thioether (sulfide) groups is 1. The molecule has 1 aromatic carbocycles. The largest absolute Gasteiger partial charge is 0.326 e. The highest BCUT2D eigenvalue weighted by atomic mass is 35.5. The van der Waals surface area contributed by atoms with Crippen molar-refractivity contribution in [1.82, 2.24) is 4.90 Å². The maximum Gasteiger partial charge on any atom is 0.266 e. The summed E-state index contributed by atoms with van der Waals surface area (Å²) in [7, 11) is 0. The second kappa shape index (κ2) is 10.6. The summed E-state index contributed by atoms with van der Waals surface area (Å²) in [5.41, 5.74) is 0.625. The van der Waals surface area contributed by atoms with Gasteiger partial charge in [0.05, 0.1) is 15.0 Å². The Bertz CT molecular complexity index is 945. The van der Waals surface area contributed by atoms with Gasteiger partial charge in [-0.05, 0) is 48.6 Å². The highest BCUT2D eigenvalue weighted by Gasteiger charge is 2.31. The molecule has 0 saturated carbocycles. The topological polar surface area (TPSA) is 49.4 Å². The van der Waals surface area contributed by atoms with Gasteiger partial charge in [0.15, 0.2) is 0 Å². The molecule has 0 spiro atoms. The van der Waals surface area contributed by atoms with Crippen molar-refractivity contribution < 1.29 is 9.59 Å². The predicted octanol–water partition coefficient (Wildman–Crippen LogP) is 6.46. The van der Waals surface area contributed by atoms with Crippen LogP contribution >= 0.6 is 58.5 Å². The number of hydrogen-bond donors (Lipinski definition) is 1. The van der Waals surface area contributed by atoms with Gasteiger partial charge in [0.2, 0.25) is 5.91 Å². The quantitative estimate of drug-likeness (QED) is 0.265. The SMILES string of the molecule is O=C(CCCCCN1C(=O)C(=Cc2cccs2)SC1=S)Nc1ccc(Cl)c(Cl)c1. The summed E-state index contributed by atoms with van der Waals surface area (Å²) in [5.74, 6) is -0.112. The normalized spacial score (nSPS) is 15.4. The number of hydrogen-bond acceptors (Lipinski definition) is 5. The number of thiocarbonyl (C=S) groups is 1. The summed E-state index contributed by atoms with van der Waals surface area (Å²) in [4.78, 5) is 27.9.